The van der Waals surface area contributed by atoms with Crippen LogP contribution in [0.2, 0.25) is 0 Å². The van der Waals surface area contributed by atoms with Crippen LogP contribution in [0.25, 0.3) is 0 Å². The van der Waals surface area contributed by atoms with Crippen LogP contribution in [0.1, 0.15) is 12.8 Å². The summed E-state index contributed by atoms with van der Waals surface area (Å²) < 4.78 is 27.5. The molecule has 0 saturated heterocycles. The fraction of sp³-hybridized carbons (Fsp3) is 0.900. The fourth-order valence-electron chi connectivity index (χ4n) is 1.46. The Balaban J connectivity index is 0.00000289. The molecule has 6 nitrogen and oxygen atoms in total. The predicted molar refractivity (Wildman–Crippen MR) is 71.5 cm³/mol. The lowest BCUT2D eigenvalue weighted by Crippen LogP contribution is -2.41. The lowest BCUT2D eigenvalue weighted by atomic mass is 10.2. The van der Waals surface area contributed by atoms with E-state index >= 15 is 0 Å². The topological polar surface area (TPSA) is 98.5 Å². The molecule has 0 aromatic carbocycles. The number of hydrogen-bond donors (Lipinski definition) is 2. The van der Waals surface area contributed by atoms with Gasteiger partial charge in [-0.1, -0.05) is 0 Å². The number of methoxy groups -OCH3 is 1. The molecule has 1 rings (SSSR count). The molecule has 8 heteroatoms. The summed E-state index contributed by atoms with van der Waals surface area (Å²) in [5.74, 6) is -0.628. The molecule has 108 valence electrons. The van der Waals surface area contributed by atoms with Gasteiger partial charge in [0.05, 0.1) is 12.4 Å². The highest BCUT2D eigenvalue weighted by Gasteiger charge is 2.28. The van der Waals surface area contributed by atoms with Crippen LogP contribution in [0, 0.1) is 5.92 Å². The van der Waals surface area contributed by atoms with Gasteiger partial charge in [0, 0.05) is 19.7 Å². The highest BCUT2D eigenvalue weighted by molar-refractivity contribution is 7.92. The van der Waals surface area contributed by atoms with Gasteiger partial charge in [-0.25, -0.2) is 8.42 Å². The van der Waals surface area contributed by atoms with E-state index in [-0.39, 0.29) is 30.8 Å². The summed E-state index contributed by atoms with van der Waals surface area (Å²) in [4.78, 5) is 11.4. The molecule has 0 aromatic rings. The van der Waals surface area contributed by atoms with Crippen molar-refractivity contribution >= 4 is 28.2 Å². The molecule has 1 aliphatic rings. The van der Waals surface area contributed by atoms with E-state index in [1.54, 1.807) is 0 Å². The number of nitrogens with one attached hydrogen (secondary N) is 1. The van der Waals surface area contributed by atoms with Gasteiger partial charge in [-0.15, -0.1) is 12.4 Å². The zero-order valence-electron chi connectivity index (χ0n) is 10.4. The first kappa shape index (κ1) is 17.6. The fourth-order valence-corrected chi connectivity index (χ4v) is 2.52. The number of hydrogen-bond acceptors (Lipinski definition) is 5. The Kier molecular flexibility index (Phi) is 7.77. The van der Waals surface area contributed by atoms with Crippen LogP contribution in [-0.4, -0.2) is 52.1 Å². The lowest BCUT2D eigenvalue weighted by molar-refractivity contribution is -0.118. The smallest absolute Gasteiger partial charge is 0.235 e. The van der Waals surface area contributed by atoms with E-state index in [0.717, 1.165) is 12.8 Å². The summed E-state index contributed by atoms with van der Waals surface area (Å²) in [6.07, 6.45) is 2.20. The maximum atomic E-state index is 11.4. The molecule has 18 heavy (non-hydrogen) atoms. The minimum Gasteiger partial charge on any atom is -0.384 e. The van der Waals surface area contributed by atoms with Gasteiger partial charge in [-0.05, 0) is 18.8 Å². The van der Waals surface area contributed by atoms with Gasteiger partial charge in [0.1, 0.15) is 5.75 Å². The maximum absolute atomic E-state index is 11.4. The molecular formula is C10H21ClN2O4S. The van der Waals surface area contributed by atoms with E-state index in [0.29, 0.717) is 12.5 Å². The van der Waals surface area contributed by atoms with Crippen molar-refractivity contribution in [1.82, 2.24) is 5.32 Å². The van der Waals surface area contributed by atoms with Crippen molar-refractivity contribution in [3.63, 3.8) is 0 Å². The molecule has 1 atom stereocenters. The standard InChI is InChI=1S/C10H20N2O4S.ClH/c1-16-4-5-17(14,15)7-10(13)12-6-9(11)8-2-3-8;/h8-9H,2-7,11H2,1H3,(H,12,13);1H. The Labute approximate surface area is 114 Å². The lowest BCUT2D eigenvalue weighted by Gasteiger charge is -2.11. The number of halogens is 1. The van der Waals surface area contributed by atoms with Crippen molar-refractivity contribution in [1.29, 1.82) is 0 Å². The largest absolute Gasteiger partial charge is 0.384 e. The van der Waals surface area contributed by atoms with Gasteiger partial charge in [0.25, 0.3) is 0 Å². The van der Waals surface area contributed by atoms with Gasteiger partial charge < -0.3 is 15.8 Å². The van der Waals surface area contributed by atoms with Crippen molar-refractivity contribution in [3.05, 3.63) is 0 Å². The normalized spacial score (nSPS) is 16.8. The van der Waals surface area contributed by atoms with Gasteiger partial charge in [0.15, 0.2) is 9.84 Å². The molecule has 1 aliphatic carbocycles. The molecule has 1 unspecified atom stereocenters. The van der Waals surface area contributed by atoms with Gasteiger partial charge in [-0.2, -0.15) is 0 Å². The van der Waals surface area contributed by atoms with E-state index in [9.17, 15) is 13.2 Å². The summed E-state index contributed by atoms with van der Waals surface area (Å²) in [6.45, 7) is 0.459. The Bertz CT molecular complexity index is 357. The van der Waals surface area contributed by atoms with E-state index in [1.807, 2.05) is 0 Å². The van der Waals surface area contributed by atoms with Gasteiger partial charge in [0.2, 0.25) is 5.91 Å². The van der Waals surface area contributed by atoms with Crippen LogP contribution in [0.15, 0.2) is 0 Å². The maximum Gasteiger partial charge on any atom is 0.235 e. The summed E-state index contributed by atoms with van der Waals surface area (Å²) >= 11 is 0. The minimum atomic E-state index is -3.37. The zero-order chi connectivity index (χ0) is 12.9. The van der Waals surface area contributed by atoms with Crippen LogP contribution in [0.3, 0.4) is 0 Å². The average molecular weight is 301 g/mol. The summed E-state index contributed by atoms with van der Waals surface area (Å²) in [5.41, 5.74) is 5.79. The monoisotopic (exact) mass is 300 g/mol. The van der Waals surface area contributed by atoms with Gasteiger partial charge in [-0.3, -0.25) is 4.79 Å². The zero-order valence-corrected chi connectivity index (χ0v) is 12.1. The Morgan fingerprint density at radius 2 is 2.11 bits per heavy atom. The number of nitrogens with two attached hydrogens (primary N) is 1. The number of amides is 1. The highest BCUT2D eigenvalue weighted by Crippen LogP contribution is 2.31. The molecule has 0 bridgehead atoms. The molecule has 1 saturated carbocycles. The molecule has 0 aliphatic heterocycles. The average Bonchev–Trinajstić information content (AvgIpc) is 3.06. The summed E-state index contributed by atoms with van der Waals surface area (Å²) in [5, 5.41) is 2.55. The third-order valence-electron chi connectivity index (χ3n) is 2.71. The Hall–Kier alpha value is -0.370. The van der Waals surface area contributed by atoms with Crippen molar-refractivity contribution in [2.75, 3.05) is 31.8 Å². The van der Waals surface area contributed by atoms with E-state index in [2.05, 4.69) is 10.1 Å². The van der Waals surface area contributed by atoms with Crippen LogP contribution < -0.4 is 11.1 Å². The predicted octanol–water partition coefficient (Wildman–Crippen LogP) is -0.677. The SMILES string of the molecule is COCCS(=O)(=O)CC(=O)NCC(N)C1CC1.Cl. The van der Waals surface area contributed by atoms with Crippen molar-refractivity contribution < 1.29 is 17.9 Å². The second-order valence-electron chi connectivity index (χ2n) is 4.39. The van der Waals surface area contributed by atoms with Crippen molar-refractivity contribution in [3.8, 4) is 0 Å². The van der Waals surface area contributed by atoms with Crippen molar-refractivity contribution in [2.45, 2.75) is 18.9 Å². The first-order valence-corrected chi connectivity index (χ1v) is 7.48. The third kappa shape index (κ3) is 7.15. The Morgan fingerprint density at radius 1 is 1.50 bits per heavy atom. The molecule has 3 N–H and O–H groups in total. The van der Waals surface area contributed by atoms with Crippen LogP contribution in [-0.2, 0) is 19.4 Å². The van der Waals surface area contributed by atoms with E-state index < -0.39 is 21.5 Å². The van der Waals surface area contributed by atoms with Gasteiger partial charge >= 0.3 is 0 Å². The minimum absolute atomic E-state index is 0. The van der Waals surface area contributed by atoms with Crippen LogP contribution in [0.4, 0.5) is 0 Å². The Morgan fingerprint density at radius 3 is 2.61 bits per heavy atom. The molecule has 1 amide bonds. The van der Waals surface area contributed by atoms with E-state index in [4.69, 9.17) is 5.73 Å². The molecule has 0 spiro atoms. The van der Waals surface area contributed by atoms with Crippen LogP contribution >= 0.6 is 12.4 Å². The van der Waals surface area contributed by atoms with Crippen LogP contribution in [0.5, 0.6) is 0 Å². The number of carbonyl (C=O) groups is 1. The quantitative estimate of drug-likeness (QED) is 0.619. The molecule has 0 heterocycles. The molecular weight excluding hydrogens is 280 g/mol. The summed E-state index contributed by atoms with van der Waals surface area (Å²) in [6, 6.07) is -0.0550. The molecule has 1 fully saturated rings. The number of sulfone groups is 1. The number of carbonyl (C=O) groups excluding carboxylic acids is 1. The van der Waals surface area contributed by atoms with E-state index in [1.165, 1.54) is 7.11 Å². The first-order valence-electron chi connectivity index (χ1n) is 5.66. The molecule has 0 radical (unpaired) electrons. The highest BCUT2D eigenvalue weighted by atomic mass is 35.5. The second-order valence-corrected chi connectivity index (χ2v) is 6.57. The van der Waals surface area contributed by atoms with Crippen molar-refractivity contribution in [2.24, 2.45) is 11.7 Å². The summed E-state index contributed by atoms with van der Waals surface area (Å²) in [7, 11) is -1.95. The second kappa shape index (κ2) is 7.93. The third-order valence-corrected chi connectivity index (χ3v) is 4.20. The molecule has 0 aromatic heterocycles. The first-order chi connectivity index (χ1) is 7.94. The number of ether oxygens (including phenoxy) is 1. The number of rotatable bonds is 8.